The highest BCUT2D eigenvalue weighted by molar-refractivity contribution is 5.92. The van der Waals surface area contributed by atoms with E-state index >= 15 is 0 Å². The standard InChI is InChI=1S/C17H21N3O/c1-2-11-20(16-6-4-3-5-15(16)18)12-13-7-9-14(10-8-13)17(19)21/h3-10H,2,11-12,18H2,1H3,(H2,19,21). The first kappa shape index (κ1) is 14.9. The van der Waals surface area contributed by atoms with Crippen LogP contribution < -0.4 is 16.4 Å². The first-order valence-electron chi connectivity index (χ1n) is 7.10. The third-order valence-electron chi connectivity index (χ3n) is 3.38. The normalized spacial score (nSPS) is 10.3. The van der Waals surface area contributed by atoms with E-state index in [1.54, 1.807) is 12.1 Å². The maximum absolute atomic E-state index is 11.1. The number of hydrogen-bond donors (Lipinski definition) is 2. The Morgan fingerprint density at radius 1 is 1.10 bits per heavy atom. The first-order chi connectivity index (χ1) is 10.1. The van der Waals surface area contributed by atoms with Gasteiger partial charge in [-0.1, -0.05) is 31.2 Å². The molecule has 0 saturated heterocycles. The lowest BCUT2D eigenvalue weighted by atomic mass is 10.1. The van der Waals surface area contributed by atoms with E-state index in [9.17, 15) is 4.79 Å². The molecule has 0 heterocycles. The zero-order valence-corrected chi connectivity index (χ0v) is 12.3. The quantitative estimate of drug-likeness (QED) is 0.801. The molecule has 1 amide bonds. The molecule has 2 aromatic carbocycles. The number of para-hydroxylation sites is 2. The maximum atomic E-state index is 11.1. The molecule has 0 aliphatic rings. The van der Waals surface area contributed by atoms with Crippen molar-refractivity contribution in [1.29, 1.82) is 0 Å². The van der Waals surface area contributed by atoms with Gasteiger partial charge in [0.1, 0.15) is 0 Å². The monoisotopic (exact) mass is 283 g/mol. The van der Waals surface area contributed by atoms with E-state index < -0.39 is 5.91 Å². The van der Waals surface area contributed by atoms with Crippen LogP contribution in [0.4, 0.5) is 11.4 Å². The average molecular weight is 283 g/mol. The molecule has 0 radical (unpaired) electrons. The Labute approximate surface area is 125 Å². The summed E-state index contributed by atoms with van der Waals surface area (Å²) in [5.74, 6) is -0.403. The van der Waals surface area contributed by atoms with Gasteiger partial charge in [-0.25, -0.2) is 0 Å². The summed E-state index contributed by atoms with van der Waals surface area (Å²) in [6, 6.07) is 15.3. The van der Waals surface area contributed by atoms with E-state index in [1.807, 2.05) is 36.4 Å². The van der Waals surface area contributed by atoms with E-state index in [0.717, 1.165) is 36.4 Å². The molecule has 0 fully saturated rings. The Kier molecular flexibility index (Phi) is 4.82. The zero-order valence-electron chi connectivity index (χ0n) is 12.3. The fourth-order valence-electron chi connectivity index (χ4n) is 2.32. The molecular weight excluding hydrogens is 262 g/mol. The molecule has 0 bridgehead atoms. The van der Waals surface area contributed by atoms with Crippen LogP contribution in [0.15, 0.2) is 48.5 Å². The topological polar surface area (TPSA) is 72.3 Å². The van der Waals surface area contributed by atoms with Gasteiger partial charge in [0.05, 0.1) is 11.4 Å². The van der Waals surface area contributed by atoms with Crippen LogP contribution in [0.25, 0.3) is 0 Å². The molecule has 4 nitrogen and oxygen atoms in total. The molecule has 2 aromatic rings. The summed E-state index contributed by atoms with van der Waals surface area (Å²) in [5, 5.41) is 0. The van der Waals surface area contributed by atoms with Crippen molar-refractivity contribution in [2.45, 2.75) is 19.9 Å². The van der Waals surface area contributed by atoms with Crippen LogP contribution in [-0.4, -0.2) is 12.5 Å². The van der Waals surface area contributed by atoms with Crippen LogP contribution in [0.3, 0.4) is 0 Å². The highest BCUT2D eigenvalue weighted by Gasteiger charge is 2.09. The second-order valence-corrected chi connectivity index (χ2v) is 5.04. The molecule has 0 atom stereocenters. The molecule has 2 rings (SSSR count). The van der Waals surface area contributed by atoms with Crippen molar-refractivity contribution in [2.24, 2.45) is 5.73 Å². The summed E-state index contributed by atoms with van der Waals surface area (Å²) >= 11 is 0. The van der Waals surface area contributed by atoms with Crippen molar-refractivity contribution in [1.82, 2.24) is 0 Å². The fraction of sp³-hybridized carbons (Fsp3) is 0.235. The summed E-state index contributed by atoms with van der Waals surface area (Å²) in [6.07, 6.45) is 1.04. The SMILES string of the molecule is CCCN(Cc1ccc(C(N)=O)cc1)c1ccccc1N. The van der Waals surface area contributed by atoms with Gasteiger partial charge < -0.3 is 16.4 Å². The fourth-order valence-corrected chi connectivity index (χ4v) is 2.32. The van der Waals surface area contributed by atoms with Crippen molar-refractivity contribution in [3.63, 3.8) is 0 Å². The zero-order chi connectivity index (χ0) is 15.2. The highest BCUT2D eigenvalue weighted by atomic mass is 16.1. The third-order valence-corrected chi connectivity index (χ3v) is 3.38. The number of nitrogen functional groups attached to an aromatic ring is 1. The van der Waals surface area contributed by atoms with E-state index in [1.165, 1.54) is 0 Å². The number of primary amides is 1. The van der Waals surface area contributed by atoms with E-state index in [0.29, 0.717) is 5.56 Å². The van der Waals surface area contributed by atoms with Gasteiger partial charge >= 0.3 is 0 Å². The molecular formula is C17H21N3O. The lowest BCUT2D eigenvalue weighted by Crippen LogP contribution is -2.24. The highest BCUT2D eigenvalue weighted by Crippen LogP contribution is 2.24. The molecule has 0 aromatic heterocycles. The van der Waals surface area contributed by atoms with Crippen LogP contribution in [0.1, 0.15) is 29.3 Å². The predicted molar refractivity (Wildman–Crippen MR) is 87.2 cm³/mol. The maximum Gasteiger partial charge on any atom is 0.248 e. The Balaban J connectivity index is 2.20. The number of anilines is 2. The molecule has 21 heavy (non-hydrogen) atoms. The number of hydrogen-bond acceptors (Lipinski definition) is 3. The first-order valence-corrected chi connectivity index (χ1v) is 7.10. The lowest BCUT2D eigenvalue weighted by Gasteiger charge is -2.26. The van der Waals surface area contributed by atoms with Gasteiger partial charge in [0, 0.05) is 18.7 Å². The minimum atomic E-state index is -0.403. The van der Waals surface area contributed by atoms with Gasteiger partial charge in [-0.05, 0) is 36.2 Å². The van der Waals surface area contributed by atoms with E-state index in [-0.39, 0.29) is 0 Å². The van der Waals surface area contributed by atoms with Crippen molar-refractivity contribution in [3.8, 4) is 0 Å². The predicted octanol–water partition coefficient (Wildman–Crippen LogP) is 2.78. The van der Waals surface area contributed by atoms with Crippen LogP contribution in [-0.2, 0) is 6.54 Å². The molecule has 0 saturated carbocycles. The summed E-state index contributed by atoms with van der Waals surface area (Å²) in [6.45, 7) is 3.81. The van der Waals surface area contributed by atoms with Crippen molar-refractivity contribution in [2.75, 3.05) is 17.2 Å². The summed E-state index contributed by atoms with van der Waals surface area (Å²) in [7, 11) is 0. The largest absolute Gasteiger partial charge is 0.397 e. The summed E-state index contributed by atoms with van der Waals surface area (Å²) in [4.78, 5) is 13.3. The Hall–Kier alpha value is -2.49. The molecule has 0 aliphatic heterocycles. The van der Waals surface area contributed by atoms with Crippen molar-refractivity contribution in [3.05, 3.63) is 59.7 Å². The van der Waals surface area contributed by atoms with Gasteiger partial charge in [-0.2, -0.15) is 0 Å². The second-order valence-electron chi connectivity index (χ2n) is 5.04. The number of amides is 1. The van der Waals surface area contributed by atoms with Gasteiger partial charge in [0.15, 0.2) is 0 Å². The van der Waals surface area contributed by atoms with Gasteiger partial charge in [0.2, 0.25) is 5.91 Å². The summed E-state index contributed by atoms with van der Waals surface area (Å²) in [5.41, 5.74) is 14.8. The van der Waals surface area contributed by atoms with Crippen molar-refractivity contribution < 1.29 is 4.79 Å². The molecule has 4 N–H and O–H groups in total. The second kappa shape index (κ2) is 6.79. The minimum Gasteiger partial charge on any atom is -0.397 e. The van der Waals surface area contributed by atoms with E-state index in [4.69, 9.17) is 11.5 Å². The summed E-state index contributed by atoms with van der Waals surface area (Å²) < 4.78 is 0. The minimum absolute atomic E-state index is 0.403. The Morgan fingerprint density at radius 2 is 1.76 bits per heavy atom. The number of carbonyl (C=O) groups is 1. The van der Waals surface area contributed by atoms with Crippen molar-refractivity contribution >= 4 is 17.3 Å². The number of carbonyl (C=O) groups excluding carboxylic acids is 1. The number of nitrogens with zero attached hydrogens (tertiary/aromatic N) is 1. The van der Waals surface area contributed by atoms with Gasteiger partial charge in [0.25, 0.3) is 0 Å². The van der Waals surface area contributed by atoms with Gasteiger partial charge in [-0.3, -0.25) is 4.79 Å². The van der Waals surface area contributed by atoms with Crippen LogP contribution in [0.2, 0.25) is 0 Å². The number of benzene rings is 2. The number of nitrogens with two attached hydrogens (primary N) is 2. The smallest absolute Gasteiger partial charge is 0.248 e. The molecule has 110 valence electrons. The van der Waals surface area contributed by atoms with Crippen LogP contribution in [0, 0.1) is 0 Å². The van der Waals surface area contributed by atoms with E-state index in [2.05, 4.69) is 11.8 Å². The average Bonchev–Trinajstić information content (AvgIpc) is 2.48. The molecule has 4 heteroatoms. The van der Waals surface area contributed by atoms with Crippen LogP contribution >= 0.6 is 0 Å². The molecule has 0 aliphatic carbocycles. The Morgan fingerprint density at radius 3 is 2.33 bits per heavy atom. The van der Waals surface area contributed by atoms with Gasteiger partial charge in [-0.15, -0.1) is 0 Å². The molecule has 0 unspecified atom stereocenters. The Bertz CT molecular complexity index is 608. The third kappa shape index (κ3) is 3.75. The van der Waals surface area contributed by atoms with Crippen LogP contribution in [0.5, 0.6) is 0 Å². The number of rotatable bonds is 6. The lowest BCUT2D eigenvalue weighted by molar-refractivity contribution is 0.100. The molecule has 0 spiro atoms.